The average molecular weight is 320 g/mol. The van der Waals surface area contributed by atoms with Crippen molar-refractivity contribution in [3.8, 4) is 10.4 Å². The summed E-state index contributed by atoms with van der Waals surface area (Å²) in [7, 11) is 0. The van der Waals surface area contributed by atoms with E-state index in [1.54, 1.807) is 18.5 Å². The molecule has 6 nitrogen and oxygen atoms in total. The molecule has 1 amide bonds. The van der Waals surface area contributed by atoms with Crippen LogP contribution >= 0.6 is 22.9 Å². The second-order valence-electron chi connectivity index (χ2n) is 4.20. The van der Waals surface area contributed by atoms with E-state index in [4.69, 9.17) is 11.6 Å². The van der Waals surface area contributed by atoms with E-state index in [1.165, 1.54) is 28.4 Å². The lowest BCUT2D eigenvalue weighted by atomic mass is 10.2. The van der Waals surface area contributed by atoms with Gasteiger partial charge in [-0.15, -0.1) is 0 Å². The van der Waals surface area contributed by atoms with Crippen LogP contribution < -0.4 is 5.32 Å². The maximum atomic E-state index is 11.9. The molecule has 0 bridgehead atoms. The van der Waals surface area contributed by atoms with E-state index in [0.717, 1.165) is 16.1 Å². The quantitative estimate of drug-likeness (QED) is 0.734. The Bertz CT molecular complexity index is 784. The van der Waals surface area contributed by atoms with Crippen molar-refractivity contribution in [1.29, 1.82) is 0 Å². The number of nitrogens with one attached hydrogen (secondary N) is 1. The van der Waals surface area contributed by atoms with E-state index in [9.17, 15) is 4.79 Å². The van der Waals surface area contributed by atoms with Gasteiger partial charge in [0, 0.05) is 18.6 Å². The SMILES string of the molecule is Cc1nc(NC(=O)n2ccnc2)sc1-c1ccnc(Cl)c1. The van der Waals surface area contributed by atoms with Crippen LogP contribution in [0.25, 0.3) is 10.4 Å². The van der Waals surface area contributed by atoms with Crippen LogP contribution in [0, 0.1) is 6.92 Å². The number of rotatable bonds is 2. The number of aromatic nitrogens is 4. The Morgan fingerprint density at radius 3 is 3.00 bits per heavy atom. The fraction of sp³-hybridized carbons (Fsp3) is 0.0769. The molecule has 0 unspecified atom stereocenters. The van der Waals surface area contributed by atoms with Crippen LogP contribution in [0.4, 0.5) is 9.93 Å². The zero-order valence-electron chi connectivity index (χ0n) is 10.9. The molecule has 0 aliphatic heterocycles. The van der Waals surface area contributed by atoms with Gasteiger partial charge in [-0.2, -0.15) is 0 Å². The van der Waals surface area contributed by atoms with Gasteiger partial charge in [-0.1, -0.05) is 22.9 Å². The number of aryl methyl sites for hydroxylation is 1. The first-order chi connectivity index (χ1) is 10.1. The van der Waals surface area contributed by atoms with E-state index in [1.807, 2.05) is 13.0 Å². The molecule has 8 heteroatoms. The van der Waals surface area contributed by atoms with Gasteiger partial charge in [0.1, 0.15) is 11.5 Å². The maximum Gasteiger partial charge on any atom is 0.333 e. The van der Waals surface area contributed by atoms with Gasteiger partial charge in [-0.05, 0) is 24.6 Å². The summed E-state index contributed by atoms with van der Waals surface area (Å²) >= 11 is 7.28. The predicted octanol–water partition coefficient (Wildman–Crippen LogP) is 3.44. The summed E-state index contributed by atoms with van der Waals surface area (Å²) in [6.07, 6.45) is 6.18. The molecule has 0 aliphatic carbocycles. The van der Waals surface area contributed by atoms with Crippen molar-refractivity contribution in [2.45, 2.75) is 6.92 Å². The molecule has 0 fully saturated rings. The molecule has 0 saturated heterocycles. The molecular weight excluding hydrogens is 310 g/mol. The Hall–Kier alpha value is -2.25. The lowest BCUT2D eigenvalue weighted by Crippen LogP contribution is -2.17. The molecule has 1 N–H and O–H groups in total. The summed E-state index contributed by atoms with van der Waals surface area (Å²) in [5.41, 5.74) is 1.75. The molecule has 3 rings (SSSR count). The van der Waals surface area contributed by atoms with Crippen molar-refractivity contribution in [3.63, 3.8) is 0 Å². The van der Waals surface area contributed by atoms with Crippen LogP contribution in [0.3, 0.4) is 0 Å². The number of carbonyl (C=O) groups is 1. The summed E-state index contributed by atoms with van der Waals surface area (Å²) < 4.78 is 1.35. The summed E-state index contributed by atoms with van der Waals surface area (Å²) in [6, 6.07) is 3.32. The molecule has 0 aromatic carbocycles. The fourth-order valence-corrected chi connectivity index (χ4v) is 2.92. The Balaban J connectivity index is 1.86. The number of pyridine rings is 1. The minimum absolute atomic E-state index is 0.305. The largest absolute Gasteiger partial charge is 0.333 e. The van der Waals surface area contributed by atoms with Gasteiger partial charge in [-0.3, -0.25) is 9.88 Å². The lowest BCUT2D eigenvalue weighted by molar-refractivity contribution is 0.253. The van der Waals surface area contributed by atoms with E-state index >= 15 is 0 Å². The fourth-order valence-electron chi connectivity index (χ4n) is 1.80. The van der Waals surface area contributed by atoms with Crippen LogP contribution in [0.5, 0.6) is 0 Å². The van der Waals surface area contributed by atoms with Crippen molar-refractivity contribution < 1.29 is 4.79 Å². The first-order valence-electron chi connectivity index (χ1n) is 6.02. The summed E-state index contributed by atoms with van der Waals surface area (Å²) in [4.78, 5) is 25.0. The van der Waals surface area contributed by atoms with Crippen molar-refractivity contribution in [3.05, 3.63) is 47.9 Å². The smallest absolute Gasteiger partial charge is 0.283 e. The van der Waals surface area contributed by atoms with Gasteiger partial charge in [0.2, 0.25) is 0 Å². The Kier molecular flexibility index (Phi) is 3.68. The van der Waals surface area contributed by atoms with Crippen molar-refractivity contribution >= 4 is 34.1 Å². The normalized spacial score (nSPS) is 10.6. The van der Waals surface area contributed by atoms with Gasteiger partial charge < -0.3 is 0 Å². The number of carbonyl (C=O) groups excluding carboxylic acids is 1. The van der Waals surface area contributed by atoms with Crippen molar-refractivity contribution in [2.24, 2.45) is 0 Å². The highest BCUT2D eigenvalue weighted by Gasteiger charge is 2.13. The van der Waals surface area contributed by atoms with E-state index in [-0.39, 0.29) is 6.03 Å². The molecule has 21 heavy (non-hydrogen) atoms. The maximum absolute atomic E-state index is 11.9. The number of hydrogen-bond acceptors (Lipinski definition) is 5. The minimum Gasteiger partial charge on any atom is -0.283 e. The standard InChI is InChI=1S/C13H10ClN5OS/c1-8-11(9-2-3-16-10(14)6-9)21-12(17-8)18-13(20)19-5-4-15-7-19/h2-7H,1H3,(H,17,18,20). The van der Waals surface area contributed by atoms with Gasteiger partial charge in [0.25, 0.3) is 0 Å². The van der Waals surface area contributed by atoms with Crippen LogP contribution in [0.1, 0.15) is 5.69 Å². The van der Waals surface area contributed by atoms with Gasteiger partial charge >= 0.3 is 6.03 Å². The van der Waals surface area contributed by atoms with Crippen molar-refractivity contribution in [2.75, 3.05) is 5.32 Å². The zero-order valence-corrected chi connectivity index (χ0v) is 12.5. The van der Waals surface area contributed by atoms with Gasteiger partial charge in [-0.25, -0.2) is 19.7 Å². The highest BCUT2D eigenvalue weighted by atomic mass is 35.5. The summed E-state index contributed by atoms with van der Waals surface area (Å²) in [6.45, 7) is 1.88. The monoisotopic (exact) mass is 319 g/mol. The first-order valence-corrected chi connectivity index (χ1v) is 7.21. The molecule has 0 saturated carbocycles. The Morgan fingerprint density at radius 1 is 1.43 bits per heavy atom. The van der Waals surface area contributed by atoms with Crippen LogP contribution in [-0.2, 0) is 0 Å². The average Bonchev–Trinajstić information content (AvgIpc) is 3.08. The number of imidazole rings is 1. The molecular formula is C13H10ClN5OS. The van der Waals surface area contributed by atoms with Crippen LogP contribution in [0.15, 0.2) is 37.1 Å². The molecule has 3 aromatic heterocycles. The number of halogens is 1. The van der Waals surface area contributed by atoms with E-state index in [0.29, 0.717) is 10.3 Å². The first kappa shape index (κ1) is 13.7. The lowest BCUT2D eigenvalue weighted by Gasteiger charge is -2.00. The highest BCUT2D eigenvalue weighted by molar-refractivity contribution is 7.19. The number of anilines is 1. The summed E-state index contributed by atoms with van der Waals surface area (Å²) in [5, 5.41) is 3.68. The Labute approximate surface area is 129 Å². The second-order valence-corrected chi connectivity index (χ2v) is 5.59. The van der Waals surface area contributed by atoms with Gasteiger partial charge in [0.15, 0.2) is 5.13 Å². The number of thiazole rings is 1. The molecule has 0 atom stereocenters. The topological polar surface area (TPSA) is 72.7 Å². The van der Waals surface area contributed by atoms with Crippen molar-refractivity contribution in [1.82, 2.24) is 19.5 Å². The number of hydrogen-bond donors (Lipinski definition) is 1. The minimum atomic E-state index is -0.305. The predicted molar refractivity (Wildman–Crippen MR) is 81.7 cm³/mol. The molecule has 3 heterocycles. The van der Waals surface area contributed by atoms with Gasteiger partial charge in [0.05, 0.1) is 10.6 Å². The molecule has 0 spiro atoms. The third-order valence-corrected chi connectivity index (χ3v) is 4.07. The molecule has 106 valence electrons. The molecule has 0 aliphatic rings. The van der Waals surface area contributed by atoms with E-state index in [2.05, 4.69) is 20.3 Å². The number of nitrogens with zero attached hydrogens (tertiary/aromatic N) is 4. The highest BCUT2D eigenvalue weighted by Crippen LogP contribution is 2.33. The Morgan fingerprint density at radius 2 is 2.29 bits per heavy atom. The second kappa shape index (κ2) is 5.63. The van der Waals surface area contributed by atoms with Crippen LogP contribution in [-0.4, -0.2) is 25.6 Å². The zero-order chi connectivity index (χ0) is 14.8. The van der Waals surface area contributed by atoms with Crippen LogP contribution in [0.2, 0.25) is 5.15 Å². The number of amides is 1. The molecule has 0 radical (unpaired) electrons. The molecule has 3 aromatic rings. The summed E-state index contributed by atoms with van der Waals surface area (Å²) in [5.74, 6) is 0. The third kappa shape index (κ3) is 2.93. The van der Waals surface area contributed by atoms with E-state index < -0.39 is 0 Å². The third-order valence-electron chi connectivity index (χ3n) is 2.74.